The minimum absolute atomic E-state index is 0.237. The van der Waals surface area contributed by atoms with Gasteiger partial charge in [-0.25, -0.2) is 0 Å². The van der Waals surface area contributed by atoms with Gasteiger partial charge in [-0.15, -0.1) is 0 Å². The number of hydrogen-bond acceptors (Lipinski definition) is 3. The van der Waals surface area contributed by atoms with Crippen LogP contribution in [-0.2, 0) is 4.79 Å². The first kappa shape index (κ1) is 19.8. The Labute approximate surface area is 170 Å². The summed E-state index contributed by atoms with van der Waals surface area (Å²) >= 11 is 6.06. The van der Waals surface area contributed by atoms with Crippen molar-refractivity contribution in [1.82, 2.24) is 0 Å². The molecule has 0 heterocycles. The maximum Gasteiger partial charge on any atom is 0.265 e. The average Bonchev–Trinajstić information content (AvgIpc) is 2.71. The second kappa shape index (κ2) is 9.29. The predicted molar refractivity (Wildman–Crippen MR) is 112 cm³/mol. The molecule has 3 rings (SSSR count). The van der Waals surface area contributed by atoms with E-state index in [-0.39, 0.29) is 5.91 Å². The fourth-order valence-corrected chi connectivity index (χ4v) is 2.78. The summed E-state index contributed by atoms with van der Waals surface area (Å²) in [6.45, 7) is 3.80. The van der Waals surface area contributed by atoms with Crippen molar-refractivity contribution in [3.05, 3.63) is 83.4 Å². The van der Waals surface area contributed by atoms with Gasteiger partial charge < -0.3 is 14.8 Å². The fourth-order valence-electron chi connectivity index (χ4n) is 2.66. The van der Waals surface area contributed by atoms with E-state index in [9.17, 15) is 4.79 Å². The van der Waals surface area contributed by atoms with E-state index in [0.717, 1.165) is 5.56 Å². The van der Waals surface area contributed by atoms with E-state index in [2.05, 4.69) is 5.32 Å². The Kier molecular flexibility index (Phi) is 6.56. The van der Waals surface area contributed by atoms with Gasteiger partial charge in [0.2, 0.25) is 0 Å². The first-order valence-corrected chi connectivity index (χ1v) is 9.50. The van der Waals surface area contributed by atoms with Crippen LogP contribution in [0.2, 0.25) is 5.02 Å². The standard InChI is InChI=1S/C23H22ClNO3/c1-3-21(28-18-13-14-19(24)16(2)15-18)23(26)25-20-11-7-8-12-22(20)27-17-9-5-4-6-10-17/h4-15,21H,3H2,1-2H3,(H,25,26)/t21-/m0/s1. The molecule has 0 saturated carbocycles. The van der Waals surface area contributed by atoms with Gasteiger partial charge >= 0.3 is 0 Å². The van der Waals surface area contributed by atoms with Gasteiger partial charge in [0.25, 0.3) is 5.91 Å². The number of aryl methyl sites for hydroxylation is 1. The van der Waals surface area contributed by atoms with Gasteiger partial charge in [0.15, 0.2) is 11.9 Å². The third-order valence-electron chi connectivity index (χ3n) is 4.19. The number of rotatable bonds is 7. The van der Waals surface area contributed by atoms with E-state index in [0.29, 0.717) is 34.4 Å². The largest absolute Gasteiger partial charge is 0.481 e. The summed E-state index contributed by atoms with van der Waals surface area (Å²) in [5.74, 6) is 1.64. The van der Waals surface area contributed by atoms with E-state index < -0.39 is 6.10 Å². The summed E-state index contributed by atoms with van der Waals surface area (Å²) in [6, 6.07) is 22.1. The molecule has 0 aliphatic carbocycles. The Morgan fingerprint density at radius 2 is 1.71 bits per heavy atom. The molecule has 1 amide bonds. The lowest BCUT2D eigenvalue weighted by atomic mass is 10.2. The number of carbonyl (C=O) groups is 1. The molecule has 0 saturated heterocycles. The number of benzene rings is 3. The zero-order valence-electron chi connectivity index (χ0n) is 15.8. The second-order valence-electron chi connectivity index (χ2n) is 6.33. The number of nitrogens with one attached hydrogen (secondary N) is 1. The van der Waals surface area contributed by atoms with Crippen LogP contribution in [-0.4, -0.2) is 12.0 Å². The lowest BCUT2D eigenvalue weighted by Gasteiger charge is -2.19. The monoisotopic (exact) mass is 395 g/mol. The zero-order chi connectivity index (χ0) is 19.9. The lowest BCUT2D eigenvalue weighted by molar-refractivity contribution is -0.122. The van der Waals surface area contributed by atoms with Crippen LogP contribution in [0.5, 0.6) is 17.2 Å². The van der Waals surface area contributed by atoms with Crippen LogP contribution in [0, 0.1) is 6.92 Å². The molecule has 28 heavy (non-hydrogen) atoms. The molecule has 0 spiro atoms. The van der Waals surface area contributed by atoms with Crippen molar-refractivity contribution >= 4 is 23.2 Å². The van der Waals surface area contributed by atoms with Crippen LogP contribution >= 0.6 is 11.6 Å². The number of carbonyl (C=O) groups excluding carboxylic acids is 1. The van der Waals surface area contributed by atoms with Crippen molar-refractivity contribution in [2.75, 3.05) is 5.32 Å². The molecule has 0 fully saturated rings. The Bertz CT molecular complexity index is 944. The summed E-state index contributed by atoms with van der Waals surface area (Å²) in [5, 5.41) is 3.58. The molecule has 0 aromatic heterocycles. The van der Waals surface area contributed by atoms with E-state index >= 15 is 0 Å². The van der Waals surface area contributed by atoms with Gasteiger partial charge in [0.05, 0.1) is 5.69 Å². The normalized spacial score (nSPS) is 11.5. The zero-order valence-corrected chi connectivity index (χ0v) is 16.6. The Morgan fingerprint density at radius 3 is 2.43 bits per heavy atom. The highest BCUT2D eigenvalue weighted by molar-refractivity contribution is 6.31. The third-order valence-corrected chi connectivity index (χ3v) is 4.61. The SMILES string of the molecule is CC[C@H](Oc1ccc(Cl)c(C)c1)C(=O)Nc1ccccc1Oc1ccccc1. The van der Waals surface area contributed by atoms with E-state index in [1.807, 2.05) is 68.4 Å². The molecule has 0 radical (unpaired) electrons. The van der Waals surface area contributed by atoms with Crippen LogP contribution in [0.15, 0.2) is 72.8 Å². The van der Waals surface area contributed by atoms with Crippen LogP contribution in [0.4, 0.5) is 5.69 Å². The molecule has 0 aliphatic rings. The van der Waals surface area contributed by atoms with Crippen LogP contribution in [0.3, 0.4) is 0 Å². The van der Waals surface area contributed by atoms with E-state index in [1.54, 1.807) is 18.2 Å². The number of ether oxygens (including phenoxy) is 2. The summed E-state index contributed by atoms with van der Waals surface area (Å²) in [6.07, 6.45) is -0.111. The second-order valence-corrected chi connectivity index (χ2v) is 6.73. The summed E-state index contributed by atoms with van der Waals surface area (Å²) < 4.78 is 11.8. The first-order chi connectivity index (χ1) is 13.6. The van der Waals surface area contributed by atoms with Gasteiger partial charge in [0, 0.05) is 5.02 Å². The van der Waals surface area contributed by atoms with Gasteiger partial charge in [0.1, 0.15) is 11.5 Å². The van der Waals surface area contributed by atoms with Crippen LogP contribution in [0.1, 0.15) is 18.9 Å². The van der Waals surface area contributed by atoms with E-state index in [1.165, 1.54) is 0 Å². The van der Waals surface area contributed by atoms with Gasteiger partial charge in [-0.2, -0.15) is 0 Å². The average molecular weight is 396 g/mol. The number of anilines is 1. The maximum atomic E-state index is 12.8. The molecule has 3 aromatic rings. The number of amides is 1. The lowest BCUT2D eigenvalue weighted by Crippen LogP contribution is -2.32. The summed E-state index contributed by atoms with van der Waals surface area (Å²) in [7, 11) is 0. The molecule has 1 N–H and O–H groups in total. The van der Waals surface area contributed by atoms with Crippen molar-refractivity contribution in [2.45, 2.75) is 26.4 Å². The third kappa shape index (κ3) is 5.05. The predicted octanol–water partition coefficient (Wildman–Crippen LogP) is 6.24. The fraction of sp³-hybridized carbons (Fsp3) is 0.174. The Hall–Kier alpha value is -2.98. The molecular formula is C23H22ClNO3. The molecule has 0 aliphatic heterocycles. The number of hydrogen-bond donors (Lipinski definition) is 1. The molecular weight excluding hydrogens is 374 g/mol. The maximum absolute atomic E-state index is 12.8. The van der Waals surface area contributed by atoms with Crippen molar-refractivity contribution in [3.8, 4) is 17.2 Å². The van der Waals surface area contributed by atoms with Gasteiger partial charge in [-0.05, 0) is 61.4 Å². The first-order valence-electron chi connectivity index (χ1n) is 9.12. The highest BCUT2D eigenvalue weighted by Gasteiger charge is 2.20. The smallest absolute Gasteiger partial charge is 0.265 e. The Morgan fingerprint density at radius 1 is 1.00 bits per heavy atom. The topological polar surface area (TPSA) is 47.6 Å². The number of para-hydroxylation sites is 3. The molecule has 4 nitrogen and oxygen atoms in total. The van der Waals surface area contributed by atoms with Gasteiger partial charge in [-0.3, -0.25) is 4.79 Å². The van der Waals surface area contributed by atoms with Crippen molar-refractivity contribution < 1.29 is 14.3 Å². The molecule has 1 atom stereocenters. The highest BCUT2D eigenvalue weighted by Crippen LogP contribution is 2.29. The highest BCUT2D eigenvalue weighted by atomic mass is 35.5. The van der Waals surface area contributed by atoms with Crippen molar-refractivity contribution in [3.63, 3.8) is 0 Å². The molecule has 0 bridgehead atoms. The van der Waals surface area contributed by atoms with Crippen molar-refractivity contribution in [2.24, 2.45) is 0 Å². The molecule has 3 aromatic carbocycles. The quantitative estimate of drug-likeness (QED) is 0.515. The summed E-state index contributed by atoms with van der Waals surface area (Å²) in [4.78, 5) is 12.8. The minimum Gasteiger partial charge on any atom is -0.481 e. The Balaban J connectivity index is 1.73. The number of halogens is 1. The van der Waals surface area contributed by atoms with Crippen LogP contribution in [0.25, 0.3) is 0 Å². The van der Waals surface area contributed by atoms with Crippen LogP contribution < -0.4 is 14.8 Å². The molecule has 0 unspecified atom stereocenters. The van der Waals surface area contributed by atoms with E-state index in [4.69, 9.17) is 21.1 Å². The van der Waals surface area contributed by atoms with Gasteiger partial charge in [-0.1, -0.05) is 48.9 Å². The minimum atomic E-state index is -0.634. The van der Waals surface area contributed by atoms with Crippen molar-refractivity contribution in [1.29, 1.82) is 0 Å². The summed E-state index contributed by atoms with van der Waals surface area (Å²) in [5.41, 5.74) is 1.49. The molecule has 5 heteroatoms. The molecule has 144 valence electrons.